The molecule has 1 saturated carbocycles. The lowest BCUT2D eigenvalue weighted by molar-refractivity contribution is -0.138. The third-order valence-electron chi connectivity index (χ3n) is 6.60. The second-order valence-corrected chi connectivity index (χ2v) is 8.90. The van der Waals surface area contributed by atoms with Crippen molar-refractivity contribution in [3.63, 3.8) is 0 Å². The van der Waals surface area contributed by atoms with Crippen LogP contribution in [0, 0.1) is 17.7 Å². The minimum Gasteiger partial charge on any atom is -0.487 e. The highest BCUT2D eigenvalue weighted by Gasteiger charge is 2.34. The van der Waals surface area contributed by atoms with Crippen molar-refractivity contribution in [3.05, 3.63) is 29.6 Å². The van der Waals surface area contributed by atoms with Crippen LogP contribution in [0.4, 0.5) is 4.39 Å². The lowest BCUT2D eigenvalue weighted by atomic mass is 9.81. The van der Waals surface area contributed by atoms with Crippen LogP contribution in [0.1, 0.15) is 44.1 Å². The zero-order valence-electron chi connectivity index (χ0n) is 17.4. The quantitative estimate of drug-likeness (QED) is 0.698. The van der Waals surface area contributed by atoms with Crippen molar-refractivity contribution < 1.29 is 18.7 Å². The van der Waals surface area contributed by atoms with E-state index in [1.807, 2.05) is 24.1 Å². The molecule has 2 heterocycles. The van der Waals surface area contributed by atoms with E-state index in [1.54, 1.807) is 6.07 Å². The molecular formula is C23H33FN2O3. The van der Waals surface area contributed by atoms with Gasteiger partial charge in [-0.1, -0.05) is 12.1 Å². The van der Waals surface area contributed by atoms with Crippen LogP contribution in [-0.2, 0) is 16.1 Å². The molecule has 6 heteroatoms. The van der Waals surface area contributed by atoms with Crippen molar-refractivity contribution in [2.75, 3.05) is 39.9 Å². The SMILES string of the molecule is CN(CC1CC(Oc2cccc(CN3CCCC3)c2F)C1)C(=O)C1CCOCC1. The molecule has 1 aromatic rings. The maximum atomic E-state index is 14.9. The van der Waals surface area contributed by atoms with Gasteiger partial charge in [0.15, 0.2) is 11.6 Å². The van der Waals surface area contributed by atoms with Gasteiger partial charge in [-0.25, -0.2) is 4.39 Å². The molecular weight excluding hydrogens is 371 g/mol. The van der Waals surface area contributed by atoms with Crippen molar-refractivity contribution in [1.82, 2.24) is 9.80 Å². The summed E-state index contributed by atoms with van der Waals surface area (Å²) in [5, 5.41) is 0. The summed E-state index contributed by atoms with van der Waals surface area (Å²) in [6.07, 6.45) is 5.85. The fourth-order valence-corrected chi connectivity index (χ4v) is 4.78. The summed E-state index contributed by atoms with van der Waals surface area (Å²) >= 11 is 0. The second-order valence-electron chi connectivity index (χ2n) is 8.90. The number of nitrogens with zero attached hydrogens (tertiary/aromatic N) is 2. The van der Waals surface area contributed by atoms with Crippen LogP contribution in [0.25, 0.3) is 0 Å². The molecule has 0 unspecified atom stereocenters. The average molecular weight is 405 g/mol. The van der Waals surface area contributed by atoms with Gasteiger partial charge in [-0.3, -0.25) is 9.69 Å². The first-order chi connectivity index (χ1) is 14.1. The first-order valence-corrected chi connectivity index (χ1v) is 11.1. The molecule has 2 saturated heterocycles. The average Bonchev–Trinajstić information content (AvgIpc) is 3.22. The normalized spacial score (nSPS) is 25.6. The fourth-order valence-electron chi connectivity index (χ4n) is 4.78. The molecule has 29 heavy (non-hydrogen) atoms. The second kappa shape index (κ2) is 9.43. The van der Waals surface area contributed by atoms with Crippen LogP contribution >= 0.6 is 0 Å². The number of amides is 1. The lowest BCUT2D eigenvalue weighted by Gasteiger charge is -2.38. The molecule has 1 aliphatic carbocycles. The molecule has 0 atom stereocenters. The van der Waals surface area contributed by atoms with E-state index in [2.05, 4.69) is 4.90 Å². The molecule has 0 N–H and O–H groups in total. The van der Waals surface area contributed by atoms with Gasteiger partial charge in [-0.05, 0) is 63.6 Å². The smallest absolute Gasteiger partial charge is 0.225 e. The van der Waals surface area contributed by atoms with Crippen molar-refractivity contribution in [1.29, 1.82) is 0 Å². The minimum atomic E-state index is -0.213. The van der Waals surface area contributed by atoms with Gasteiger partial charge >= 0.3 is 0 Å². The number of hydrogen-bond acceptors (Lipinski definition) is 4. The van der Waals surface area contributed by atoms with E-state index >= 15 is 0 Å². The van der Waals surface area contributed by atoms with Crippen LogP contribution in [0.3, 0.4) is 0 Å². The van der Waals surface area contributed by atoms with E-state index in [4.69, 9.17) is 9.47 Å². The number of hydrogen-bond donors (Lipinski definition) is 0. The summed E-state index contributed by atoms with van der Waals surface area (Å²) in [6, 6.07) is 5.48. The zero-order chi connectivity index (χ0) is 20.2. The Morgan fingerprint density at radius 1 is 1.24 bits per heavy atom. The van der Waals surface area contributed by atoms with E-state index < -0.39 is 0 Å². The van der Waals surface area contributed by atoms with Crippen molar-refractivity contribution in [3.8, 4) is 5.75 Å². The molecule has 2 aliphatic heterocycles. The summed E-state index contributed by atoms with van der Waals surface area (Å²) < 4.78 is 26.2. The van der Waals surface area contributed by atoms with Gasteiger partial charge in [0.2, 0.25) is 5.91 Å². The summed E-state index contributed by atoms with van der Waals surface area (Å²) in [6.45, 7) is 4.89. The van der Waals surface area contributed by atoms with Crippen LogP contribution in [-0.4, -0.2) is 61.7 Å². The molecule has 0 bridgehead atoms. The van der Waals surface area contributed by atoms with Gasteiger partial charge in [-0.2, -0.15) is 0 Å². The summed E-state index contributed by atoms with van der Waals surface area (Å²) in [5.74, 6) is 0.933. The maximum absolute atomic E-state index is 14.9. The highest BCUT2D eigenvalue weighted by molar-refractivity contribution is 5.78. The van der Waals surface area contributed by atoms with Gasteiger partial charge in [-0.15, -0.1) is 0 Å². The lowest BCUT2D eigenvalue weighted by Crippen LogP contribution is -2.44. The summed E-state index contributed by atoms with van der Waals surface area (Å²) in [7, 11) is 1.90. The third-order valence-corrected chi connectivity index (χ3v) is 6.60. The zero-order valence-corrected chi connectivity index (χ0v) is 17.4. The summed E-state index contributed by atoms with van der Waals surface area (Å²) in [4.78, 5) is 16.7. The predicted molar refractivity (Wildman–Crippen MR) is 109 cm³/mol. The Kier molecular flexibility index (Phi) is 6.70. The van der Waals surface area contributed by atoms with Crippen molar-refractivity contribution >= 4 is 5.91 Å². The third kappa shape index (κ3) is 5.10. The first-order valence-electron chi connectivity index (χ1n) is 11.1. The maximum Gasteiger partial charge on any atom is 0.225 e. The number of carbonyl (C=O) groups is 1. The molecule has 1 amide bonds. The van der Waals surface area contributed by atoms with E-state index in [0.29, 0.717) is 31.4 Å². The number of carbonyl (C=O) groups excluding carboxylic acids is 1. The molecule has 0 spiro atoms. The number of ether oxygens (including phenoxy) is 2. The Bertz CT molecular complexity index is 695. The molecule has 4 rings (SSSR count). The molecule has 1 aromatic carbocycles. The Hall–Kier alpha value is -1.66. The van der Waals surface area contributed by atoms with E-state index in [9.17, 15) is 9.18 Å². The standard InChI is InChI=1S/C23H33FN2O3/c1-25(23(27)18-7-11-28-12-8-18)15-17-13-20(14-17)29-21-6-4-5-19(22(21)24)16-26-9-2-3-10-26/h4-6,17-18,20H,2-3,7-16H2,1H3. The largest absolute Gasteiger partial charge is 0.487 e. The first kappa shape index (κ1) is 20.6. The topological polar surface area (TPSA) is 42.0 Å². The van der Waals surface area contributed by atoms with Crippen LogP contribution in [0.2, 0.25) is 0 Å². The Morgan fingerprint density at radius 2 is 1.97 bits per heavy atom. The number of benzene rings is 1. The van der Waals surface area contributed by atoms with Gasteiger partial charge in [0.1, 0.15) is 0 Å². The Labute approximate surface area is 173 Å². The molecule has 5 nitrogen and oxygen atoms in total. The van der Waals surface area contributed by atoms with Crippen LogP contribution < -0.4 is 4.74 Å². The van der Waals surface area contributed by atoms with E-state index in [1.165, 1.54) is 12.8 Å². The van der Waals surface area contributed by atoms with Gasteiger partial charge in [0.05, 0.1) is 6.10 Å². The van der Waals surface area contributed by atoms with Crippen LogP contribution in [0.15, 0.2) is 18.2 Å². The van der Waals surface area contributed by atoms with Gasteiger partial charge < -0.3 is 14.4 Å². The molecule has 0 aromatic heterocycles. The molecule has 0 radical (unpaired) electrons. The van der Waals surface area contributed by atoms with Gasteiger partial charge in [0, 0.05) is 44.8 Å². The van der Waals surface area contributed by atoms with Crippen molar-refractivity contribution in [2.24, 2.45) is 11.8 Å². The van der Waals surface area contributed by atoms with Crippen LogP contribution in [0.5, 0.6) is 5.75 Å². The monoisotopic (exact) mass is 404 g/mol. The molecule has 3 aliphatic rings. The minimum absolute atomic E-state index is 0.0446. The van der Waals surface area contributed by atoms with Gasteiger partial charge in [0.25, 0.3) is 0 Å². The van der Waals surface area contributed by atoms with Crippen molar-refractivity contribution in [2.45, 2.75) is 51.2 Å². The number of likely N-dealkylation sites (tertiary alicyclic amines) is 1. The Balaban J connectivity index is 1.23. The highest BCUT2D eigenvalue weighted by Crippen LogP contribution is 2.34. The predicted octanol–water partition coefficient (Wildman–Crippen LogP) is 3.46. The highest BCUT2D eigenvalue weighted by atomic mass is 19.1. The molecule has 3 fully saturated rings. The van der Waals surface area contributed by atoms with E-state index in [-0.39, 0.29) is 23.7 Å². The van der Waals surface area contributed by atoms with E-state index in [0.717, 1.165) is 50.9 Å². The Morgan fingerprint density at radius 3 is 2.69 bits per heavy atom. The number of halogens is 1. The molecule has 160 valence electrons. The fraction of sp³-hybridized carbons (Fsp3) is 0.696. The number of rotatable bonds is 7. The summed E-state index contributed by atoms with van der Waals surface area (Å²) in [5.41, 5.74) is 0.724.